The maximum Gasteiger partial charge on any atom is 0.194 e. The molecule has 1 aliphatic rings. The molecule has 2 heterocycles. The van der Waals surface area contributed by atoms with Gasteiger partial charge in [-0.1, -0.05) is 13.8 Å². The molecule has 0 bridgehead atoms. The van der Waals surface area contributed by atoms with Crippen molar-refractivity contribution in [3.63, 3.8) is 0 Å². The zero-order valence-corrected chi connectivity index (χ0v) is 13.2. The highest BCUT2D eigenvalue weighted by molar-refractivity contribution is 5.80. The topological polar surface area (TPSA) is 45.5 Å². The van der Waals surface area contributed by atoms with Crippen LogP contribution >= 0.6 is 0 Å². The molecule has 0 saturated carbocycles. The fraction of sp³-hybridized carbons (Fsp3) is 0.733. The van der Waals surface area contributed by atoms with Gasteiger partial charge in [-0.25, -0.2) is 4.99 Å². The van der Waals surface area contributed by atoms with Crippen LogP contribution in [-0.2, 0) is 13.6 Å². The number of aliphatic imine (C=N–C) groups is 1. The number of nitrogens with zero attached hydrogens (tertiary/aromatic N) is 4. The summed E-state index contributed by atoms with van der Waals surface area (Å²) in [5, 5.41) is 7.60. The molecule has 1 saturated heterocycles. The third kappa shape index (κ3) is 3.52. The average molecular weight is 277 g/mol. The van der Waals surface area contributed by atoms with E-state index in [0.29, 0.717) is 12.0 Å². The van der Waals surface area contributed by atoms with Crippen LogP contribution in [-0.4, -0.2) is 40.3 Å². The first-order chi connectivity index (χ1) is 9.56. The maximum atomic E-state index is 4.76. The summed E-state index contributed by atoms with van der Waals surface area (Å²) in [6, 6.07) is 0. The lowest BCUT2D eigenvalue weighted by atomic mass is 9.87. The summed E-state index contributed by atoms with van der Waals surface area (Å²) in [7, 11) is 1.94. The minimum absolute atomic E-state index is 0.435. The molecule has 1 aromatic rings. The molecule has 112 valence electrons. The lowest BCUT2D eigenvalue weighted by Crippen LogP contribution is -2.41. The van der Waals surface area contributed by atoms with Gasteiger partial charge in [0.2, 0.25) is 0 Å². The van der Waals surface area contributed by atoms with Gasteiger partial charge in [-0.05, 0) is 25.2 Å². The molecule has 1 aromatic heterocycles. The first-order valence-electron chi connectivity index (χ1n) is 7.57. The zero-order chi connectivity index (χ0) is 14.6. The number of hydrogen-bond acceptors (Lipinski definition) is 2. The van der Waals surface area contributed by atoms with Gasteiger partial charge in [0.1, 0.15) is 0 Å². The first-order valence-corrected chi connectivity index (χ1v) is 7.57. The molecular weight excluding hydrogens is 250 g/mol. The van der Waals surface area contributed by atoms with Crippen molar-refractivity contribution < 1.29 is 0 Å². The Bertz CT molecular complexity index is 465. The molecule has 5 nitrogen and oxygen atoms in total. The number of nitrogens with one attached hydrogen (secondary N) is 1. The molecule has 5 heteroatoms. The van der Waals surface area contributed by atoms with Gasteiger partial charge in [0.25, 0.3) is 0 Å². The Morgan fingerprint density at radius 2 is 2.30 bits per heavy atom. The number of likely N-dealkylation sites (tertiary alicyclic amines) is 1. The normalized spacial score (nSPS) is 23.4. The molecule has 1 atom stereocenters. The van der Waals surface area contributed by atoms with Gasteiger partial charge in [-0.3, -0.25) is 4.68 Å². The highest BCUT2D eigenvalue weighted by atomic mass is 15.3. The van der Waals surface area contributed by atoms with Crippen LogP contribution in [0.3, 0.4) is 0 Å². The summed E-state index contributed by atoms with van der Waals surface area (Å²) < 4.78 is 1.82. The van der Waals surface area contributed by atoms with Gasteiger partial charge in [-0.15, -0.1) is 0 Å². The predicted molar refractivity (Wildman–Crippen MR) is 82.6 cm³/mol. The van der Waals surface area contributed by atoms with Crippen LogP contribution in [0.1, 0.15) is 39.2 Å². The average Bonchev–Trinajstić information content (AvgIpc) is 3.02. The van der Waals surface area contributed by atoms with E-state index in [2.05, 4.69) is 36.1 Å². The van der Waals surface area contributed by atoms with E-state index in [1.54, 1.807) is 0 Å². The number of aromatic nitrogens is 2. The van der Waals surface area contributed by atoms with E-state index in [4.69, 9.17) is 4.99 Å². The second-order valence-electron chi connectivity index (χ2n) is 6.03. The zero-order valence-electron chi connectivity index (χ0n) is 13.2. The summed E-state index contributed by atoms with van der Waals surface area (Å²) >= 11 is 0. The van der Waals surface area contributed by atoms with Crippen LogP contribution in [0, 0.1) is 5.41 Å². The Hall–Kier alpha value is -1.52. The Morgan fingerprint density at radius 1 is 1.50 bits per heavy atom. The van der Waals surface area contributed by atoms with E-state index in [9.17, 15) is 0 Å². The van der Waals surface area contributed by atoms with Crippen molar-refractivity contribution >= 4 is 5.96 Å². The molecule has 1 N–H and O–H groups in total. The third-order valence-corrected chi connectivity index (χ3v) is 4.22. The molecule has 1 fully saturated rings. The van der Waals surface area contributed by atoms with Crippen molar-refractivity contribution in [2.24, 2.45) is 17.5 Å². The molecule has 0 aromatic carbocycles. The van der Waals surface area contributed by atoms with Crippen LogP contribution in [0.2, 0.25) is 0 Å². The molecule has 0 radical (unpaired) electrons. The lowest BCUT2D eigenvalue weighted by molar-refractivity contribution is 0.322. The highest BCUT2D eigenvalue weighted by Crippen LogP contribution is 2.32. The quantitative estimate of drug-likeness (QED) is 0.676. The number of rotatable bonds is 4. The molecule has 1 aliphatic heterocycles. The molecule has 0 spiro atoms. The summed E-state index contributed by atoms with van der Waals surface area (Å²) in [5.41, 5.74) is 1.59. The molecule has 2 rings (SSSR count). The van der Waals surface area contributed by atoms with Gasteiger partial charge in [0, 0.05) is 38.4 Å². The monoisotopic (exact) mass is 277 g/mol. The maximum absolute atomic E-state index is 4.76. The second-order valence-corrected chi connectivity index (χ2v) is 6.03. The number of guanidine groups is 1. The highest BCUT2D eigenvalue weighted by Gasteiger charge is 2.33. The number of hydrogen-bond donors (Lipinski definition) is 1. The van der Waals surface area contributed by atoms with Crippen LogP contribution in [0.4, 0.5) is 0 Å². The van der Waals surface area contributed by atoms with Crippen LogP contribution in [0.15, 0.2) is 17.4 Å². The van der Waals surface area contributed by atoms with E-state index >= 15 is 0 Å². The van der Waals surface area contributed by atoms with Crippen molar-refractivity contribution in [2.45, 2.75) is 40.2 Å². The smallest absolute Gasteiger partial charge is 0.194 e. The van der Waals surface area contributed by atoms with Crippen molar-refractivity contribution in [1.29, 1.82) is 0 Å². The third-order valence-electron chi connectivity index (χ3n) is 4.22. The van der Waals surface area contributed by atoms with Crippen molar-refractivity contribution in [3.05, 3.63) is 18.0 Å². The molecule has 1 unspecified atom stereocenters. The van der Waals surface area contributed by atoms with Crippen LogP contribution in [0.25, 0.3) is 0 Å². The van der Waals surface area contributed by atoms with E-state index < -0.39 is 0 Å². The van der Waals surface area contributed by atoms with E-state index in [1.165, 1.54) is 12.8 Å². The standard InChI is InChI=1S/C15H27N5/c1-5-15(3)7-8-20(12-15)14(16-6-2)17-9-13-10-18-19(4)11-13/h10-11H,5-9,12H2,1-4H3,(H,16,17). The van der Waals surface area contributed by atoms with Crippen molar-refractivity contribution in [3.8, 4) is 0 Å². The van der Waals surface area contributed by atoms with E-state index in [0.717, 1.165) is 31.2 Å². The Labute approximate surface area is 122 Å². The second kappa shape index (κ2) is 6.29. The summed E-state index contributed by atoms with van der Waals surface area (Å²) in [6.07, 6.45) is 6.38. The fourth-order valence-corrected chi connectivity index (χ4v) is 2.64. The predicted octanol–water partition coefficient (Wildman–Crippen LogP) is 2.01. The van der Waals surface area contributed by atoms with Crippen molar-refractivity contribution in [1.82, 2.24) is 20.0 Å². The minimum atomic E-state index is 0.435. The van der Waals surface area contributed by atoms with Gasteiger partial charge < -0.3 is 10.2 Å². The minimum Gasteiger partial charge on any atom is -0.357 e. The Morgan fingerprint density at radius 3 is 2.85 bits per heavy atom. The van der Waals surface area contributed by atoms with Crippen LogP contribution in [0.5, 0.6) is 0 Å². The summed E-state index contributed by atoms with van der Waals surface area (Å²) in [4.78, 5) is 7.15. The van der Waals surface area contributed by atoms with Crippen LogP contribution < -0.4 is 5.32 Å². The Kier molecular flexibility index (Phi) is 4.68. The SMILES string of the molecule is CCNC(=NCc1cnn(C)c1)N1CCC(C)(CC)C1. The van der Waals surface area contributed by atoms with E-state index in [-0.39, 0.29) is 0 Å². The van der Waals surface area contributed by atoms with Gasteiger partial charge in [0.15, 0.2) is 5.96 Å². The summed E-state index contributed by atoms with van der Waals surface area (Å²) in [5.74, 6) is 1.04. The first kappa shape index (κ1) is 14.9. The van der Waals surface area contributed by atoms with Crippen molar-refractivity contribution in [2.75, 3.05) is 19.6 Å². The van der Waals surface area contributed by atoms with E-state index in [1.807, 2.05) is 24.1 Å². The molecule has 0 amide bonds. The lowest BCUT2D eigenvalue weighted by Gasteiger charge is -2.25. The van der Waals surface area contributed by atoms with Gasteiger partial charge in [-0.2, -0.15) is 5.10 Å². The molecule has 0 aliphatic carbocycles. The van der Waals surface area contributed by atoms with Gasteiger partial charge in [0.05, 0.1) is 12.7 Å². The largest absolute Gasteiger partial charge is 0.357 e. The summed E-state index contributed by atoms with van der Waals surface area (Å²) in [6.45, 7) is 10.6. The Balaban J connectivity index is 2.03. The molecule has 20 heavy (non-hydrogen) atoms. The van der Waals surface area contributed by atoms with Gasteiger partial charge >= 0.3 is 0 Å². The number of aryl methyl sites for hydroxylation is 1. The molecular formula is C15H27N5. The fourth-order valence-electron chi connectivity index (χ4n) is 2.64.